The highest BCUT2D eigenvalue weighted by molar-refractivity contribution is 7.89. The third-order valence-electron chi connectivity index (χ3n) is 4.33. The first kappa shape index (κ1) is 14.8. The molecule has 2 aliphatic rings. The fourth-order valence-corrected chi connectivity index (χ4v) is 4.28. The van der Waals surface area contributed by atoms with Crippen LogP contribution in [0.15, 0.2) is 35.5 Å². The molecule has 1 saturated heterocycles. The van der Waals surface area contributed by atoms with Gasteiger partial charge in [0.2, 0.25) is 10.0 Å². The van der Waals surface area contributed by atoms with Crippen LogP contribution in [0.4, 0.5) is 0 Å². The minimum Gasteiger partial charge on any atom is -0.367 e. The lowest BCUT2D eigenvalue weighted by atomic mass is 10.1. The van der Waals surface area contributed by atoms with Gasteiger partial charge in [0, 0.05) is 13.1 Å². The first-order chi connectivity index (χ1) is 11.1. The van der Waals surface area contributed by atoms with Gasteiger partial charge in [0.15, 0.2) is 5.82 Å². The van der Waals surface area contributed by atoms with E-state index in [2.05, 4.69) is 15.2 Å². The summed E-state index contributed by atoms with van der Waals surface area (Å²) in [7, 11) is -3.52. The van der Waals surface area contributed by atoms with E-state index in [9.17, 15) is 8.42 Å². The standard InChI is InChI=1S/C15H18N4O3S/c20-23(21,13-5-3-12(4-6-13)11-1-2-11)19-7-8-22-14(9-19)15-16-10-17-18-15/h3-6,10-11,14H,1-2,7-9H2,(H,16,17,18). The molecular formula is C15H18N4O3S. The number of aromatic amines is 1. The minimum absolute atomic E-state index is 0.238. The molecule has 1 aromatic carbocycles. The molecule has 1 saturated carbocycles. The van der Waals surface area contributed by atoms with Crippen molar-refractivity contribution in [1.29, 1.82) is 0 Å². The average molecular weight is 334 g/mol. The summed E-state index contributed by atoms with van der Waals surface area (Å²) in [6, 6.07) is 7.28. The van der Waals surface area contributed by atoms with Crippen molar-refractivity contribution >= 4 is 10.0 Å². The molecule has 2 fully saturated rings. The summed E-state index contributed by atoms with van der Waals surface area (Å²) in [6.45, 7) is 0.921. The van der Waals surface area contributed by atoms with E-state index in [1.165, 1.54) is 29.0 Å². The maximum absolute atomic E-state index is 12.8. The van der Waals surface area contributed by atoms with Gasteiger partial charge < -0.3 is 4.74 Å². The van der Waals surface area contributed by atoms with E-state index in [0.717, 1.165) is 0 Å². The van der Waals surface area contributed by atoms with E-state index < -0.39 is 16.1 Å². The molecule has 23 heavy (non-hydrogen) atoms. The van der Waals surface area contributed by atoms with Crippen molar-refractivity contribution in [3.8, 4) is 0 Å². The Morgan fingerprint density at radius 3 is 2.65 bits per heavy atom. The summed E-state index contributed by atoms with van der Waals surface area (Å²) in [5.41, 5.74) is 1.23. The molecule has 1 atom stereocenters. The van der Waals surface area contributed by atoms with Crippen molar-refractivity contribution in [3.05, 3.63) is 42.0 Å². The van der Waals surface area contributed by atoms with Gasteiger partial charge in [-0.15, -0.1) is 0 Å². The Balaban J connectivity index is 1.55. The first-order valence-electron chi connectivity index (χ1n) is 7.71. The van der Waals surface area contributed by atoms with Crippen LogP contribution in [0.5, 0.6) is 0 Å². The van der Waals surface area contributed by atoms with Gasteiger partial charge in [-0.25, -0.2) is 13.4 Å². The molecule has 2 aromatic rings. The van der Waals surface area contributed by atoms with E-state index in [1.807, 2.05) is 12.1 Å². The summed E-state index contributed by atoms with van der Waals surface area (Å²) in [6.07, 6.45) is 3.39. The van der Waals surface area contributed by atoms with Gasteiger partial charge in [0.05, 0.1) is 11.5 Å². The van der Waals surface area contributed by atoms with Crippen molar-refractivity contribution in [2.45, 2.75) is 29.8 Å². The van der Waals surface area contributed by atoms with Crippen LogP contribution in [0.25, 0.3) is 0 Å². The number of nitrogens with zero attached hydrogens (tertiary/aromatic N) is 3. The molecule has 1 unspecified atom stereocenters. The maximum atomic E-state index is 12.8. The van der Waals surface area contributed by atoms with E-state index >= 15 is 0 Å². The molecule has 0 spiro atoms. The van der Waals surface area contributed by atoms with Crippen molar-refractivity contribution in [1.82, 2.24) is 19.5 Å². The summed E-state index contributed by atoms with van der Waals surface area (Å²) in [5, 5.41) is 6.53. The Morgan fingerprint density at radius 2 is 2.00 bits per heavy atom. The van der Waals surface area contributed by atoms with Gasteiger partial charge in [-0.1, -0.05) is 12.1 Å². The number of H-pyrrole nitrogens is 1. The van der Waals surface area contributed by atoms with Gasteiger partial charge in [0.1, 0.15) is 12.4 Å². The fourth-order valence-electron chi connectivity index (χ4n) is 2.86. The lowest BCUT2D eigenvalue weighted by Gasteiger charge is -2.31. The molecule has 122 valence electrons. The van der Waals surface area contributed by atoms with Crippen LogP contribution in [-0.4, -0.2) is 47.6 Å². The molecule has 1 aliphatic carbocycles. The molecule has 0 bridgehead atoms. The second-order valence-corrected chi connectivity index (χ2v) is 7.87. The van der Waals surface area contributed by atoms with Crippen molar-refractivity contribution in [2.75, 3.05) is 19.7 Å². The lowest BCUT2D eigenvalue weighted by Crippen LogP contribution is -2.42. The quantitative estimate of drug-likeness (QED) is 0.914. The molecule has 1 N–H and O–H groups in total. The number of aromatic nitrogens is 3. The van der Waals surface area contributed by atoms with E-state index in [1.54, 1.807) is 12.1 Å². The van der Waals surface area contributed by atoms with Crippen LogP contribution < -0.4 is 0 Å². The van der Waals surface area contributed by atoms with Crippen LogP contribution in [0.2, 0.25) is 0 Å². The average Bonchev–Trinajstić information content (AvgIpc) is 3.29. The zero-order valence-corrected chi connectivity index (χ0v) is 13.4. The number of morpholine rings is 1. The monoisotopic (exact) mass is 334 g/mol. The largest absolute Gasteiger partial charge is 0.367 e. The number of benzene rings is 1. The number of ether oxygens (including phenoxy) is 1. The SMILES string of the molecule is O=S(=O)(c1ccc(C2CC2)cc1)N1CCOC(c2ncn[nH]2)C1. The third-order valence-corrected chi connectivity index (χ3v) is 6.21. The molecule has 1 aromatic heterocycles. The predicted octanol–water partition coefficient (Wildman–Crippen LogP) is 1.44. The minimum atomic E-state index is -3.52. The van der Waals surface area contributed by atoms with Crippen molar-refractivity contribution in [2.24, 2.45) is 0 Å². The summed E-state index contributed by atoms with van der Waals surface area (Å²) >= 11 is 0. The van der Waals surface area contributed by atoms with Crippen LogP contribution in [0.1, 0.15) is 36.3 Å². The molecule has 2 heterocycles. The van der Waals surface area contributed by atoms with Crippen LogP contribution >= 0.6 is 0 Å². The molecule has 0 radical (unpaired) electrons. The Morgan fingerprint density at radius 1 is 1.22 bits per heavy atom. The van der Waals surface area contributed by atoms with Crippen molar-refractivity contribution in [3.63, 3.8) is 0 Å². The van der Waals surface area contributed by atoms with Crippen LogP contribution in [-0.2, 0) is 14.8 Å². The first-order valence-corrected chi connectivity index (χ1v) is 9.15. The fraction of sp³-hybridized carbons (Fsp3) is 0.467. The van der Waals surface area contributed by atoms with Crippen LogP contribution in [0, 0.1) is 0 Å². The zero-order chi connectivity index (χ0) is 15.9. The smallest absolute Gasteiger partial charge is 0.243 e. The van der Waals surface area contributed by atoms with Gasteiger partial charge >= 0.3 is 0 Å². The Hall–Kier alpha value is -1.77. The van der Waals surface area contributed by atoms with Crippen molar-refractivity contribution < 1.29 is 13.2 Å². The topological polar surface area (TPSA) is 88.2 Å². The molecule has 7 nitrogen and oxygen atoms in total. The zero-order valence-electron chi connectivity index (χ0n) is 12.6. The molecular weight excluding hydrogens is 316 g/mol. The second kappa shape index (κ2) is 5.70. The molecule has 1 aliphatic heterocycles. The van der Waals surface area contributed by atoms with Gasteiger partial charge in [0.25, 0.3) is 0 Å². The van der Waals surface area contributed by atoms with Crippen LogP contribution in [0.3, 0.4) is 0 Å². The Kier molecular flexibility index (Phi) is 3.67. The normalized spacial score (nSPS) is 23.0. The summed E-state index contributed by atoms with van der Waals surface area (Å²) in [4.78, 5) is 4.39. The van der Waals surface area contributed by atoms with Gasteiger partial charge in [-0.05, 0) is 36.5 Å². The summed E-state index contributed by atoms with van der Waals surface area (Å²) < 4.78 is 32.7. The van der Waals surface area contributed by atoms with E-state index in [0.29, 0.717) is 29.8 Å². The molecule has 0 amide bonds. The second-order valence-electron chi connectivity index (χ2n) is 5.94. The van der Waals surface area contributed by atoms with E-state index in [4.69, 9.17) is 4.74 Å². The lowest BCUT2D eigenvalue weighted by molar-refractivity contribution is -0.00732. The molecule has 8 heteroatoms. The third kappa shape index (κ3) is 2.89. The van der Waals surface area contributed by atoms with E-state index in [-0.39, 0.29) is 6.54 Å². The highest BCUT2D eigenvalue weighted by Gasteiger charge is 2.33. The number of hydrogen-bond donors (Lipinski definition) is 1. The Bertz CT molecular complexity index is 770. The number of rotatable bonds is 4. The predicted molar refractivity (Wildman–Crippen MR) is 82.3 cm³/mol. The number of nitrogens with one attached hydrogen (secondary N) is 1. The Labute approximate surface area is 134 Å². The highest BCUT2D eigenvalue weighted by Crippen LogP contribution is 2.40. The highest BCUT2D eigenvalue weighted by atomic mass is 32.2. The molecule has 4 rings (SSSR count). The summed E-state index contributed by atoms with van der Waals surface area (Å²) in [5.74, 6) is 1.17. The number of hydrogen-bond acceptors (Lipinski definition) is 5. The maximum Gasteiger partial charge on any atom is 0.243 e. The van der Waals surface area contributed by atoms with Gasteiger partial charge in [-0.2, -0.15) is 9.40 Å². The number of sulfonamides is 1. The van der Waals surface area contributed by atoms with Gasteiger partial charge in [-0.3, -0.25) is 5.10 Å².